The zero-order valence-corrected chi connectivity index (χ0v) is 8.75. The number of hydrogen-bond acceptors (Lipinski definition) is 2. The van der Waals surface area contributed by atoms with Gasteiger partial charge in [0.15, 0.2) is 5.78 Å². The minimum Gasteiger partial charge on any atom is -0.294 e. The second kappa shape index (κ2) is 3.68. The molecule has 2 heteroatoms. The van der Waals surface area contributed by atoms with Crippen LogP contribution >= 0.6 is 0 Å². The van der Waals surface area contributed by atoms with Crippen molar-refractivity contribution in [1.82, 2.24) is 0 Å². The first-order chi connectivity index (χ1) is 6.79. The van der Waals surface area contributed by atoms with Gasteiger partial charge < -0.3 is 0 Å². The van der Waals surface area contributed by atoms with E-state index in [1.165, 1.54) is 0 Å². The molecule has 0 amide bonds. The Kier molecular flexibility index (Phi) is 2.53. The van der Waals surface area contributed by atoms with Crippen molar-refractivity contribution in [3.05, 3.63) is 12.2 Å². The molecule has 1 spiro atoms. The van der Waals surface area contributed by atoms with Crippen LogP contribution in [0.5, 0.6) is 0 Å². The van der Waals surface area contributed by atoms with Crippen LogP contribution in [0.15, 0.2) is 17.1 Å². The maximum atomic E-state index is 12.0. The molecule has 0 aromatic carbocycles. The van der Waals surface area contributed by atoms with Crippen molar-refractivity contribution >= 4 is 11.5 Å². The molecule has 2 nitrogen and oxygen atoms in total. The fraction of sp³-hybridized carbons (Fsp3) is 0.667. The van der Waals surface area contributed by atoms with Gasteiger partial charge in [0.05, 0.1) is 5.41 Å². The van der Waals surface area contributed by atoms with Gasteiger partial charge in [0.1, 0.15) is 0 Å². The van der Waals surface area contributed by atoms with E-state index < -0.39 is 0 Å². The van der Waals surface area contributed by atoms with Crippen LogP contribution in [-0.2, 0) is 4.79 Å². The lowest BCUT2D eigenvalue weighted by molar-refractivity contribution is -0.121. The van der Waals surface area contributed by atoms with Crippen LogP contribution < -0.4 is 0 Å². The maximum absolute atomic E-state index is 12.0. The van der Waals surface area contributed by atoms with E-state index in [1.54, 1.807) is 6.08 Å². The van der Waals surface area contributed by atoms with Crippen molar-refractivity contribution in [1.29, 1.82) is 0 Å². The van der Waals surface area contributed by atoms with E-state index in [9.17, 15) is 4.79 Å². The SMILES string of the molecule is CCC1=NCCC[C@]12CCC=CC2=O. The molecule has 1 heterocycles. The molecule has 0 bridgehead atoms. The van der Waals surface area contributed by atoms with Gasteiger partial charge in [0.2, 0.25) is 0 Å². The van der Waals surface area contributed by atoms with Gasteiger partial charge in [-0.15, -0.1) is 0 Å². The largest absolute Gasteiger partial charge is 0.294 e. The normalized spacial score (nSPS) is 32.1. The summed E-state index contributed by atoms with van der Waals surface area (Å²) < 4.78 is 0. The Hall–Kier alpha value is -0.920. The van der Waals surface area contributed by atoms with Crippen LogP contribution in [0.4, 0.5) is 0 Å². The smallest absolute Gasteiger partial charge is 0.167 e. The molecular weight excluding hydrogens is 174 g/mol. The lowest BCUT2D eigenvalue weighted by Gasteiger charge is -2.37. The number of hydrogen-bond donors (Lipinski definition) is 0. The molecule has 0 fully saturated rings. The number of carbonyl (C=O) groups is 1. The summed E-state index contributed by atoms with van der Waals surface area (Å²) in [7, 11) is 0. The number of ketones is 1. The van der Waals surface area contributed by atoms with Crippen molar-refractivity contribution in [2.75, 3.05) is 6.54 Å². The van der Waals surface area contributed by atoms with Crippen molar-refractivity contribution in [2.24, 2.45) is 10.4 Å². The summed E-state index contributed by atoms with van der Waals surface area (Å²) in [5.41, 5.74) is 0.958. The minimum atomic E-state index is -0.193. The number of carbonyl (C=O) groups excluding carboxylic acids is 1. The second-order valence-electron chi connectivity index (χ2n) is 4.17. The first-order valence-electron chi connectivity index (χ1n) is 5.54. The summed E-state index contributed by atoms with van der Waals surface area (Å²) in [5.74, 6) is 0.295. The molecule has 1 aliphatic carbocycles. The molecule has 1 atom stereocenters. The topological polar surface area (TPSA) is 29.4 Å². The summed E-state index contributed by atoms with van der Waals surface area (Å²) in [6.07, 6.45) is 8.79. The lowest BCUT2D eigenvalue weighted by Crippen LogP contribution is -2.42. The molecule has 0 N–H and O–H groups in total. The summed E-state index contributed by atoms with van der Waals surface area (Å²) in [4.78, 5) is 16.5. The fourth-order valence-corrected chi connectivity index (χ4v) is 2.68. The van der Waals surface area contributed by atoms with E-state index >= 15 is 0 Å². The molecule has 0 saturated heterocycles. The van der Waals surface area contributed by atoms with Gasteiger partial charge in [-0.25, -0.2) is 0 Å². The molecule has 14 heavy (non-hydrogen) atoms. The average Bonchev–Trinajstić information content (AvgIpc) is 2.23. The number of aliphatic imine (C=N–C) groups is 1. The molecule has 0 aromatic heterocycles. The zero-order chi connectivity index (χ0) is 10.0. The standard InChI is InChI=1S/C12H17NO/c1-2-10-12(8-5-9-13-10)7-4-3-6-11(12)14/h3,6H,2,4-5,7-9H2,1H3/t12-/m1/s1. The van der Waals surface area contributed by atoms with E-state index in [-0.39, 0.29) is 5.41 Å². The molecule has 0 saturated carbocycles. The highest BCUT2D eigenvalue weighted by Crippen LogP contribution is 2.39. The Morgan fingerprint density at radius 1 is 1.50 bits per heavy atom. The highest BCUT2D eigenvalue weighted by atomic mass is 16.1. The van der Waals surface area contributed by atoms with Gasteiger partial charge >= 0.3 is 0 Å². The number of allylic oxidation sites excluding steroid dienone is 2. The van der Waals surface area contributed by atoms with Crippen LogP contribution in [0, 0.1) is 5.41 Å². The highest BCUT2D eigenvalue weighted by Gasteiger charge is 2.42. The third-order valence-electron chi connectivity index (χ3n) is 3.43. The van der Waals surface area contributed by atoms with Gasteiger partial charge in [-0.3, -0.25) is 9.79 Å². The molecule has 1 aliphatic heterocycles. The van der Waals surface area contributed by atoms with Crippen LogP contribution in [0.1, 0.15) is 39.0 Å². The van der Waals surface area contributed by atoms with E-state index in [0.29, 0.717) is 5.78 Å². The lowest BCUT2D eigenvalue weighted by atomic mass is 9.67. The number of nitrogens with zero attached hydrogens (tertiary/aromatic N) is 1. The fourth-order valence-electron chi connectivity index (χ4n) is 2.68. The molecule has 0 aromatic rings. The Balaban J connectivity index is 2.37. The molecule has 2 aliphatic rings. The van der Waals surface area contributed by atoms with Crippen molar-refractivity contribution in [3.63, 3.8) is 0 Å². The monoisotopic (exact) mass is 191 g/mol. The summed E-state index contributed by atoms with van der Waals surface area (Å²) >= 11 is 0. The summed E-state index contributed by atoms with van der Waals surface area (Å²) in [5, 5.41) is 0. The van der Waals surface area contributed by atoms with Crippen molar-refractivity contribution < 1.29 is 4.79 Å². The van der Waals surface area contributed by atoms with Crippen molar-refractivity contribution in [3.8, 4) is 0 Å². The quantitative estimate of drug-likeness (QED) is 0.626. The zero-order valence-electron chi connectivity index (χ0n) is 8.75. The summed E-state index contributed by atoms with van der Waals surface area (Å²) in [6, 6.07) is 0. The predicted octanol–water partition coefficient (Wildman–Crippen LogP) is 2.54. The van der Waals surface area contributed by atoms with E-state index in [4.69, 9.17) is 0 Å². The molecule has 0 unspecified atom stereocenters. The van der Waals surface area contributed by atoms with Gasteiger partial charge in [0, 0.05) is 12.3 Å². The van der Waals surface area contributed by atoms with Crippen LogP contribution in [-0.4, -0.2) is 18.0 Å². The molecule has 76 valence electrons. The molecular formula is C12H17NO. The Labute approximate surface area is 85.1 Å². The predicted molar refractivity (Wildman–Crippen MR) is 57.6 cm³/mol. The second-order valence-corrected chi connectivity index (χ2v) is 4.17. The van der Waals surface area contributed by atoms with Gasteiger partial charge in [-0.05, 0) is 38.2 Å². The Morgan fingerprint density at radius 3 is 3.07 bits per heavy atom. The number of rotatable bonds is 1. The molecule has 0 radical (unpaired) electrons. The first kappa shape index (κ1) is 9.63. The van der Waals surface area contributed by atoms with Crippen LogP contribution in [0.2, 0.25) is 0 Å². The Bertz CT molecular complexity index is 303. The minimum absolute atomic E-state index is 0.193. The highest BCUT2D eigenvalue weighted by molar-refractivity contribution is 6.14. The van der Waals surface area contributed by atoms with Crippen molar-refractivity contribution in [2.45, 2.75) is 39.0 Å². The van der Waals surface area contributed by atoms with Gasteiger partial charge in [-0.2, -0.15) is 0 Å². The Morgan fingerprint density at radius 2 is 2.36 bits per heavy atom. The van der Waals surface area contributed by atoms with E-state index in [2.05, 4.69) is 11.9 Å². The third-order valence-corrected chi connectivity index (χ3v) is 3.43. The first-order valence-corrected chi connectivity index (χ1v) is 5.54. The van der Waals surface area contributed by atoms with Crippen LogP contribution in [0.25, 0.3) is 0 Å². The third kappa shape index (κ3) is 1.33. The van der Waals surface area contributed by atoms with E-state index in [0.717, 1.165) is 44.4 Å². The molecule has 2 rings (SSSR count). The summed E-state index contributed by atoms with van der Waals surface area (Å²) in [6.45, 7) is 3.03. The maximum Gasteiger partial charge on any atom is 0.167 e. The van der Waals surface area contributed by atoms with Crippen LogP contribution in [0.3, 0.4) is 0 Å². The average molecular weight is 191 g/mol. The van der Waals surface area contributed by atoms with Gasteiger partial charge in [0.25, 0.3) is 0 Å². The van der Waals surface area contributed by atoms with E-state index in [1.807, 2.05) is 6.08 Å². The van der Waals surface area contributed by atoms with Gasteiger partial charge in [-0.1, -0.05) is 13.0 Å².